The van der Waals surface area contributed by atoms with Gasteiger partial charge in [0, 0.05) is 37.8 Å². The van der Waals surface area contributed by atoms with E-state index < -0.39 is 0 Å². The maximum Gasteiger partial charge on any atom is 0.221 e. The number of rotatable bonds is 2. The Bertz CT molecular complexity index is 488. The number of halogens is 1. The molecule has 0 radical (unpaired) electrons. The summed E-state index contributed by atoms with van der Waals surface area (Å²) in [5.74, 6) is -0.177. The van der Waals surface area contributed by atoms with Gasteiger partial charge in [0.05, 0.1) is 0 Å². The molecule has 1 fully saturated rings. The quantitative estimate of drug-likeness (QED) is 0.851. The molecule has 4 nitrogen and oxygen atoms in total. The van der Waals surface area contributed by atoms with Gasteiger partial charge in [0.15, 0.2) is 0 Å². The van der Waals surface area contributed by atoms with Crippen LogP contribution in [-0.4, -0.2) is 25.5 Å². The Morgan fingerprint density at radius 1 is 1.42 bits per heavy atom. The molecule has 0 spiro atoms. The molecule has 1 aromatic carbocycles. The molecule has 3 N–H and O–H groups in total. The highest BCUT2D eigenvalue weighted by Crippen LogP contribution is 2.28. The summed E-state index contributed by atoms with van der Waals surface area (Å²) in [6.07, 6.45) is 0.453. The van der Waals surface area contributed by atoms with Gasteiger partial charge in [-0.25, -0.2) is 4.39 Å². The third-order valence-corrected chi connectivity index (χ3v) is 3.45. The molecule has 19 heavy (non-hydrogen) atoms. The number of carbonyl (C=O) groups excluding carboxylic acids is 1. The van der Waals surface area contributed by atoms with Crippen molar-refractivity contribution < 1.29 is 9.18 Å². The first-order chi connectivity index (χ1) is 8.99. The molecule has 0 aliphatic carbocycles. The number of anilines is 1. The monoisotopic (exact) mass is 265 g/mol. The number of amides is 1. The van der Waals surface area contributed by atoms with Crippen molar-refractivity contribution in [3.8, 4) is 0 Å². The van der Waals surface area contributed by atoms with Gasteiger partial charge in [-0.2, -0.15) is 0 Å². The zero-order chi connectivity index (χ0) is 14.0. The van der Waals surface area contributed by atoms with E-state index in [0.717, 1.165) is 17.8 Å². The van der Waals surface area contributed by atoms with Crippen LogP contribution in [0.5, 0.6) is 0 Å². The zero-order valence-corrected chi connectivity index (χ0v) is 11.4. The van der Waals surface area contributed by atoms with Gasteiger partial charge in [-0.1, -0.05) is 0 Å². The Morgan fingerprint density at radius 3 is 2.84 bits per heavy atom. The van der Waals surface area contributed by atoms with E-state index in [4.69, 9.17) is 5.73 Å². The van der Waals surface area contributed by atoms with Crippen molar-refractivity contribution in [3.63, 3.8) is 0 Å². The second-order valence-electron chi connectivity index (χ2n) is 5.04. The third kappa shape index (κ3) is 3.04. The van der Waals surface area contributed by atoms with E-state index in [0.29, 0.717) is 25.1 Å². The fraction of sp³-hybridized carbons (Fsp3) is 0.500. The molecule has 0 saturated carbocycles. The number of hydrogen-bond acceptors (Lipinski definition) is 3. The highest BCUT2D eigenvalue weighted by atomic mass is 19.1. The molecule has 1 saturated heterocycles. The topological polar surface area (TPSA) is 58.4 Å². The van der Waals surface area contributed by atoms with Crippen LogP contribution < -0.4 is 16.0 Å². The minimum atomic E-state index is -0.239. The lowest BCUT2D eigenvalue weighted by Crippen LogP contribution is -2.30. The predicted molar refractivity (Wildman–Crippen MR) is 73.6 cm³/mol. The second-order valence-corrected chi connectivity index (χ2v) is 5.04. The summed E-state index contributed by atoms with van der Waals surface area (Å²) in [5, 5.41) is 2.83. The van der Waals surface area contributed by atoms with E-state index in [-0.39, 0.29) is 17.8 Å². The van der Waals surface area contributed by atoms with Gasteiger partial charge in [-0.05, 0) is 37.1 Å². The Kier molecular flexibility index (Phi) is 4.04. The van der Waals surface area contributed by atoms with Crippen LogP contribution in [0.25, 0.3) is 0 Å². The number of hydrogen-bond donors (Lipinski definition) is 2. The maximum atomic E-state index is 13.7. The Morgan fingerprint density at radius 2 is 2.16 bits per heavy atom. The normalized spacial score (nSPS) is 17.9. The Balaban J connectivity index is 2.36. The van der Waals surface area contributed by atoms with Gasteiger partial charge in [-0.15, -0.1) is 0 Å². The summed E-state index contributed by atoms with van der Waals surface area (Å²) in [6.45, 7) is 5.54. The van der Waals surface area contributed by atoms with Crippen LogP contribution in [0.1, 0.15) is 30.5 Å². The first kappa shape index (κ1) is 13.8. The molecule has 1 aromatic rings. The van der Waals surface area contributed by atoms with Crippen LogP contribution in [0, 0.1) is 12.7 Å². The van der Waals surface area contributed by atoms with Crippen LogP contribution in [-0.2, 0) is 4.79 Å². The number of benzene rings is 1. The Hall–Kier alpha value is -1.62. The molecule has 1 amide bonds. The van der Waals surface area contributed by atoms with Crippen LogP contribution in [0.2, 0.25) is 0 Å². The van der Waals surface area contributed by atoms with Gasteiger partial charge >= 0.3 is 0 Å². The molecule has 1 atom stereocenters. The molecule has 2 rings (SSSR count). The van der Waals surface area contributed by atoms with E-state index in [1.54, 1.807) is 6.92 Å². The first-order valence-electron chi connectivity index (χ1n) is 6.56. The molecule has 1 aliphatic rings. The fourth-order valence-electron chi connectivity index (χ4n) is 2.33. The standard InChI is InChI=1S/C14H20FN3O/c1-9-7-13(11(10(2)16)8-12(9)15)18-5-3-14(19)17-4-6-18/h7-8,10H,3-6,16H2,1-2H3,(H,17,19)/t10-/m1/s1. The van der Waals surface area contributed by atoms with Crippen molar-refractivity contribution in [3.05, 3.63) is 29.1 Å². The van der Waals surface area contributed by atoms with Gasteiger partial charge in [0.1, 0.15) is 5.82 Å². The van der Waals surface area contributed by atoms with Crippen LogP contribution in [0.15, 0.2) is 12.1 Å². The average Bonchev–Trinajstić information content (AvgIpc) is 2.57. The molecule has 104 valence electrons. The van der Waals surface area contributed by atoms with Gasteiger partial charge in [0.2, 0.25) is 5.91 Å². The fourth-order valence-corrected chi connectivity index (χ4v) is 2.33. The molecule has 5 heteroatoms. The van der Waals surface area contributed by atoms with Crippen molar-refractivity contribution >= 4 is 11.6 Å². The molecule has 1 aliphatic heterocycles. The minimum absolute atomic E-state index is 0.0590. The summed E-state index contributed by atoms with van der Waals surface area (Å²) in [4.78, 5) is 13.5. The van der Waals surface area contributed by atoms with Gasteiger partial charge < -0.3 is 16.0 Å². The van der Waals surface area contributed by atoms with Crippen LogP contribution >= 0.6 is 0 Å². The van der Waals surface area contributed by atoms with Crippen molar-refractivity contribution in [2.45, 2.75) is 26.3 Å². The van der Waals surface area contributed by atoms with Crippen molar-refractivity contribution in [2.75, 3.05) is 24.5 Å². The van der Waals surface area contributed by atoms with E-state index >= 15 is 0 Å². The lowest BCUT2D eigenvalue weighted by molar-refractivity contribution is -0.120. The summed E-state index contributed by atoms with van der Waals surface area (Å²) < 4.78 is 13.7. The number of nitrogens with two attached hydrogens (primary N) is 1. The summed E-state index contributed by atoms with van der Waals surface area (Å²) in [6, 6.07) is 3.09. The highest BCUT2D eigenvalue weighted by Gasteiger charge is 2.19. The molecule has 0 aromatic heterocycles. The smallest absolute Gasteiger partial charge is 0.221 e. The number of carbonyl (C=O) groups is 1. The molecular formula is C14H20FN3O. The average molecular weight is 265 g/mol. The lowest BCUT2D eigenvalue weighted by Gasteiger charge is -2.26. The largest absolute Gasteiger partial charge is 0.369 e. The SMILES string of the molecule is Cc1cc(N2CCNC(=O)CC2)c([C@@H](C)N)cc1F. The molecule has 1 heterocycles. The van der Waals surface area contributed by atoms with Crippen molar-refractivity contribution in [1.82, 2.24) is 5.32 Å². The zero-order valence-electron chi connectivity index (χ0n) is 11.4. The van der Waals surface area contributed by atoms with E-state index in [1.165, 1.54) is 6.07 Å². The van der Waals surface area contributed by atoms with Gasteiger partial charge in [-0.3, -0.25) is 4.79 Å². The molecular weight excluding hydrogens is 245 g/mol. The van der Waals surface area contributed by atoms with Crippen molar-refractivity contribution in [2.24, 2.45) is 5.73 Å². The molecule has 0 bridgehead atoms. The van der Waals surface area contributed by atoms with Crippen molar-refractivity contribution in [1.29, 1.82) is 0 Å². The number of nitrogens with one attached hydrogen (secondary N) is 1. The predicted octanol–water partition coefficient (Wildman–Crippen LogP) is 1.48. The van der Waals surface area contributed by atoms with Crippen LogP contribution in [0.3, 0.4) is 0 Å². The first-order valence-corrected chi connectivity index (χ1v) is 6.56. The maximum absolute atomic E-state index is 13.7. The van der Waals surface area contributed by atoms with E-state index in [1.807, 2.05) is 13.0 Å². The van der Waals surface area contributed by atoms with E-state index in [9.17, 15) is 9.18 Å². The highest BCUT2D eigenvalue weighted by molar-refractivity contribution is 5.77. The lowest BCUT2D eigenvalue weighted by atomic mass is 10.0. The summed E-state index contributed by atoms with van der Waals surface area (Å²) in [7, 11) is 0. The minimum Gasteiger partial charge on any atom is -0.369 e. The molecule has 0 unspecified atom stereocenters. The Labute approximate surface area is 112 Å². The third-order valence-electron chi connectivity index (χ3n) is 3.45. The summed E-state index contributed by atoms with van der Waals surface area (Å²) >= 11 is 0. The van der Waals surface area contributed by atoms with Crippen LogP contribution in [0.4, 0.5) is 10.1 Å². The number of aryl methyl sites for hydroxylation is 1. The van der Waals surface area contributed by atoms with Gasteiger partial charge in [0.25, 0.3) is 0 Å². The second kappa shape index (κ2) is 5.57. The number of nitrogens with zero attached hydrogens (tertiary/aromatic N) is 1. The van der Waals surface area contributed by atoms with E-state index in [2.05, 4.69) is 10.2 Å². The summed E-state index contributed by atoms with van der Waals surface area (Å²) in [5.41, 5.74) is 8.26.